The van der Waals surface area contributed by atoms with Crippen molar-refractivity contribution in [3.8, 4) is 0 Å². The quantitative estimate of drug-likeness (QED) is 0.435. The van der Waals surface area contributed by atoms with Gasteiger partial charge in [-0.25, -0.2) is 0 Å². The number of rotatable bonds is 1. The van der Waals surface area contributed by atoms with Crippen molar-refractivity contribution in [2.24, 2.45) is 0 Å². The summed E-state index contributed by atoms with van der Waals surface area (Å²) in [6.45, 7) is 5.54. The standard InChI is InChI=1S/C4H8.H2O4S/c1-3-4-2;1-5(2,3)4/h3H,1,4H2,2H3;(H2,1,2,3,4). The third-order valence-electron chi connectivity index (χ3n) is 0.289. The monoisotopic (exact) mass is 154 g/mol. The van der Waals surface area contributed by atoms with E-state index in [1.807, 2.05) is 6.08 Å². The predicted octanol–water partition coefficient (Wildman–Crippen LogP) is 0.930. The fraction of sp³-hybridized carbons (Fsp3) is 0.500. The Balaban J connectivity index is 0. The molecule has 0 rings (SSSR count). The van der Waals surface area contributed by atoms with Gasteiger partial charge in [-0.05, 0) is 6.42 Å². The van der Waals surface area contributed by atoms with Gasteiger partial charge in [-0.3, -0.25) is 9.11 Å². The van der Waals surface area contributed by atoms with Crippen LogP contribution < -0.4 is 0 Å². The molecule has 2 N–H and O–H groups in total. The summed E-state index contributed by atoms with van der Waals surface area (Å²) in [7, 11) is -4.67. The molecule has 0 unspecified atom stereocenters. The van der Waals surface area contributed by atoms with E-state index in [-0.39, 0.29) is 0 Å². The van der Waals surface area contributed by atoms with Crippen LogP contribution in [0.3, 0.4) is 0 Å². The molecule has 0 aromatic heterocycles. The van der Waals surface area contributed by atoms with Crippen molar-refractivity contribution in [1.82, 2.24) is 0 Å². The van der Waals surface area contributed by atoms with E-state index >= 15 is 0 Å². The largest absolute Gasteiger partial charge is 0.394 e. The van der Waals surface area contributed by atoms with Gasteiger partial charge in [0.25, 0.3) is 0 Å². The van der Waals surface area contributed by atoms with Gasteiger partial charge in [-0.2, -0.15) is 8.42 Å². The summed E-state index contributed by atoms with van der Waals surface area (Å²) >= 11 is 0. The molecule has 0 aromatic rings. The van der Waals surface area contributed by atoms with E-state index in [1.165, 1.54) is 0 Å². The summed E-state index contributed by atoms with van der Waals surface area (Å²) in [5.74, 6) is 0. The zero-order valence-corrected chi connectivity index (χ0v) is 5.93. The van der Waals surface area contributed by atoms with Gasteiger partial charge >= 0.3 is 10.4 Å². The van der Waals surface area contributed by atoms with Gasteiger partial charge in [-0.1, -0.05) is 13.0 Å². The van der Waals surface area contributed by atoms with Crippen LogP contribution in [0.2, 0.25) is 0 Å². The predicted molar refractivity (Wildman–Crippen MR) is 34.7 cm³/mol. The van der Waals surface area contributed by atoms with Crippen LogP contribution in [0, 0.1) is 0 Å². The molecule has 0 aliphatic rings. The van der Waals surface area contributed by atoms with Crippen molar-refractivity contribution in [2.75, 3.05) is 0 Å². The van der Waals surface area contributed by atoms with E-state index in [0.717, 1.165) is 6.42 Å². The van der Waals surface area contributed by atoms with Gasteiger partial charge < -0.3 is 0 Å². The lowest BCUT2D eigenvalue weighted by molar-refractivity contribution is 0.381. The van der Waals surface area contributed by atoms with Gasteiger partial charge in [0, 0.05) is 0 Å². The van der Waals surface area contributed by atoms with Crippen molar-refractivity contribution in [1.29, 1.82) is 0 Å². The molecule has 0 atom stereocenters. The van der Waals surface area contributed by atoms with Crippen molar-refractivity contribution in [2.45, 2.75) is 13.3 Å². The summed E-state index contributed by atoms with van der Waals surface area (Å²) in [5.41, 5.74) is 0. The van der Waals surface area contributed by atoms with Gasteiger partial charge in [0.15, 0.2) is 0 Å². The van der Waals surface area contributed by atoms with E-state index in [0.29, 0.717) is 0 Å². The topological polar surface area (TPSA) is 74.6 Å². The highest BCUT2D eigenvalue weighted by Crippen LogP contribution is 1.66. The fourth-order valence-corrected chi connectivity index (χ4v) is 0. The van der Waals surface area contributed by atoms with Crippen LogP contribution in [0.5, 0.6) is 0 Å². The Labute approximate surface area is 54.8 Å². The lowest BCUT2D eigenvalue weighted by Crippen LogP contribution is -1.89. The fourth-order valence-electron chi connectivity index (χ4n) is 0. The van der Waals surface area contributed by atoms with E-state index in [4.69, 9.17) is 17.5 Å². The molecule has 0 aliphatic heterocycles. The Hall–Kier alpha value is -0.390. The van der Waals surface area contributed by atoms with Gasteiger partial charge in [0.1, 0.15) is 0 Å². The summed E-state index contributed by atoms with van der Waals surface area (Å²) in [6, 6.07) is 0. The van der Waals surface area contributed by atoms with Gasteiger partial charge in [-0.15, -0.1) is 6.58 Å². The molecule has 0 saturated carbocycles. The third-order valence-corrected chi connectivity index (χ3v) is 0.289. The highest BCUT2D eigenvalue weighted by atomic mass is 32.3. The van der Waals surface area contributed by atoms with Crippen molar-refractivity contribution in [3.05, 3.63) is 12.7 Å². The van der Waals surface area contributed by atoms with Crippen molar-refractivity contribution < 1.29 is 17.5 Å². The molecule has 0 heterocycles. The normalized spacial score (nSPS) is 9.22. The van der Waals surface area contributed by atoms with E-state index in [2.05, 4.69) is 13.5 Å². The van der Waals surface area contributed by atoms with Crippen LogP contribution >= 0.6 is 0 Å². The van der Waals surface area contributed by atoms with Crippen LogP contribution in [0.4, 0.5) is 0 Å². The lowest BCUT2D eigenvalue weighted by Gasteiger charge is -1.68. The molecule has 0 aliphatic carbocycles. The second kappa shape index (κ2) is 5.74. The Morgan fingerprint density at radius 1 is 1.56 bits per heavy atom. The number of hydrogen-bond donors (Lipinski definition) is 2. The second-order valence-electron chi connectivity index (χ2n) is 1.14. The first-order chi connectivity index (χ1) is 3.91. The van der Waals surface area contributed by atoms with Crippen LogP contribution in [-0.2, 0) is 10.4 Å². The molecule has 9 heavy (non-hydrogen) atoms. The maximum Gasteiger partial charge on any atom is 0.394 e. The molecule has 0 amide bonds. The SMILES string of the molecule is C=CCC.O=S(=O)(O)O. The maximum absolute atomic E-state index is 8.74. The summed E-state index contributed by atoms with van der Waals surface area (Å²) in [4.78, 5) is 0. The molecule has 0 radical (unpaired) electrons. The van der Waals surface area contributed by atoms with Crippen molar-refractivity contribution in [3.63, 3.8) is 0 Å². The minimum Gasteiger partial charge on any atom is -0.264 e. The molecule has 0 aromatic carbocycles. The first kappa shape index (κ1) is 11.4. The van der Waals surface area contributed by atoms with Crippen LogP contribution in [0.1, 0.15) is 13.3 Å². The minimum atomic E-state index is -4.67. The van der Waals surface area contributed by atoms with Gasteiger partial charge in [0.2, 0.25) is 0 Å². The number of hydrogen-bond acceptors (Lipinski definition) is 2. The van der Waals surface area contributed by atoms with Crippen LogP contribution in [0.25, 0.3) is 0 Å². The maximum atomic E-state index is 8.74. The Morgan fingerprint density at radius 3 is 1.67 bits per heavy atom. The highest BCUT2D eigenvalue weighted by Gasteiger charge is 1.84. The average molecular weight is 154 g/mol. The summed E-state index contributed by atoms with van der Waals surface area (Å²) < 4.78 is 31.6. The molecule has 56 valence electrons. The Kier molecular flexibility index (Phi) is 7.28. The molecule has 0 spiro atoms. The van der Waals surface area contributed by atoms with Crippen molar-refractivity contribution >= 4 is 10.4 Å². The lowest BCUT2D eigenvalue weighted by atomic mass is 10.5. The van der Waals surface area contributed by atoms with E-state index in [1.54, 1.807) is 0 Å². The van der Waals surface area contributed by atoms with E-state index in [9.17, 15) is 0 Å². The van der Waals surface area contributed by atoms with Gasteiger partial charge in [0.05, 0.1) is 0 Å². The third kappa shape index (κ3) is 644. The van der Waals surface area contributed by atoms with Crippen LogP contribution in [-0.4, -0.2) is 17.5 Å². The molecule has 0 fully saturated rings. The molecule has 0 bridgehead atoms. The summed E-state index contributed by atoms with van der Waals surface area (Å²) in [6.07, 6.45) is 2.96. The van der Waals surface area contributed by atoms with Crippen LogP contribution in [0.15, 0.2) is 12.7 Å². The molecule has 4 nitrogen and oxygen atoms in total. The zero-order chi connectivity index (χ0) is 7.91. The Morgan fingerprint density at radius 2 is 1.67 bits per heavy atom. The molecule has 5 heteroatoms. The molecular formula is C4H10O4S. The highest BCUT2D eigenvalue weighted by molar-refractivity contribution is 7.79. The smallest absolute Gasteiger partial charge is 0.264 e. The molecular weight excluding hydrogens is 144 g/mol. The summed E-state index contributed by atoms with van der Waals surface area (Å²) in [5, 5.41) is 0. The number of allylic oxidation sites excluding steroid dienone is 1. The second-order valence-corrected chi connectivity index (χ2v) is 2.04. The average Bonchev–Trinajstić information content (AvgIpc) is 1.61. The minimum absolute atomic E-state index is 1.08. The Bertz CT molecular complexity index is 138. The van der Waals surface area contributed by atoms with E-state index < -0.39 is 10.4 Å². The zero-order valence-electron chi connectivity index (χ0n) is 5.11. The first-order valence-corrected chi connectivity index (χ1v) is 3.62. The molecule has 0 saturated heterocycles. The first-order valence-electron chi connectivity index (χ1n) is 2.22.